The molecule has 9 rings (SSSR count). The number of benzene rings is 6. The summed E-state index contributed by atoms with van der Waals surface area (Å²) in [5.41, 5.74) is 11.5. The Morgan fingerprint density at radius 1 is 0.679 bits per heavy atom. The number of rotatable bonds is 7. The van der Waals surface area contributed by atoms with Gasteiger partial charge in [0.1, 0.15) is 0 Å². The first-order valence-electron chi connectivity index (χ1n) is 17.3. The molecular formula is C47H33N3OPtS-2. The van der Waals surface area contributed by atoms with E-state index < -0.39 is 0 Å². The standard InChI is InChI=1S/C47H33N3OS.Pt/c1-31-25-32(2)44(33(3)26-31)50-30-49(45(34-15-6-4-7-16-34)46(50)35-17-8-5-9-18-35)37-19-14-20-38(29-37)51-42-28-36(41-22-12-13-24-48-41)27-40-39-21-10-11-23-43(39)52-47(40)42;/h4-27H,1-3H3;/q-2;. The number of hydrogen-bond donors (Lipinski definition) is 0. The number of pyridine rings is 1. The SMILES string of the molecule is Cc1cc(C)c(-[n+]2[c-]n(-c3[c-]c(Oc4[c-]c(-c5ccccn5)cc5c4sc4ccccc45)ccc3)c(-c3ccccc3)c2-c2ccccc2)c(C)c1.[Pt]. The van der Waals surface area contributed by atoms with E-state index in [0.717, 1.165) is 55.2 Å². The minimum absolute atomic E-state index is 0. The van der Waals surface area contributed by atoms with Crippen molar-refractivity contribution in [2.45, 2.75) is 20.8 Å². The van der Waals surface area contributed by atoms with E-state index in [9.17, 15) is 0 Å². The minimum atomic E-state index is 0. The van der Waals surface area contributed by atoms with Gasteiger partial charge in [0, 0.05) is 37.7 Å². The Labute approximate surface area is 327 Å². The Bertz CT molecular complexity index is 2710. The van der Waals surface area contributed by atoms with Crippen LogP contribution >= 0.6 is 11.3 Å². The number of aromatic nitrogens is 3. The van der Waals surface area contributed by atoms with Gasteiger partial charge >= 0.3 is 0 Å². The number of fused-ring (bicyclic) bond motifs is 3. The summed E-state index contributed by atoms with van der Waals surface area (Å²) in [6.45, 7) is 6.50. The van der Waals surface area contributed by atoms with Crippen molar-refractivity contribution in [3.05, 3.63) is 181 Å². The van der Waals surface area contributed by atoms with Crippen LogP contribution in [0.2, 0.25) is 0 Å². The number of hydrogen-bond acceptors (Lipinski definition) is 3. The van der Waals surface area contributed by atoms with Crippen molar-refractivity contribution in [1.29, 1.82) is 0 Å². The summed E-state index contributed by atoms with van der Waals surface area (Å²) in [6, 6.07) is 55.4. The molecule has 260 valence electrons. The van der Waals surface area contributed by atoms with Gasteiger partial charge in [-0.3, -0.25) is 4.57 Å². The van der Waals surface area contributed by atoms with Crippen LogP contribution in [0.1, 0.15) is 16.7 Å². The topological polar surface area (TPSA) is 30.9 Å². The molecule has 0 aliphatic rings. The fourth-order valence-corrected chi connectivity index (χ4v) is 8.32. The molecule has 0 spiro atoms. The number of ether oxygens (including phenoxy) is 1. The molecule has 53 heavy (non-hydrogen) atoms. The third-order valence-electron chi connectivity index (χ3n) is 9.35. The van der Waals surface area contributed by atoms with Gasteiger partial charge in [-0.1, -0.05) is 120 Å². The Kier molecular flexibility index (Phi) is 9.38. The summed E-state index contributed by atoms with van der Waals surface area (Å²) in [5.74, 6) is 1.24. The van der Waals surface area contributed by atoms with Crippen LogP contribution in [-0.2, 0) is 21.1 Å². The Balaban J connectivity index is 0.00000400. The zero-order valence-corrected chi connectivity index (χ0v) is 32.4. The molecular weight excluding hydrogens is 850 g/mol. The molecule has 9 aromatic rings. The Hall–Kier alpha value is -5.61. The Morgan fingerprint density at radius 2 is 1.38 bits per heavy atom. The van der Waals surface area contributed by atoms with Crippen LogP contribution in [0.5, 0.6) is 11.5 Å². The molecule has 0 radical (unpaired) electrons. The molecule has 3 heterocycles. The van der Waals surface area contributed by atoms with E-state index in [1.54, 1.807) is 11.3 Å². The third kappa shape index (κ3) is 6.41. The van der Waals surface area contributed by atoms with Gasteiger partial charge in [-0.15, -0.1) is 23.8 Å². The van der Waals surface area contributed by atoms with Gasteiger partial charge in [0.15, 0.2) is 0 Å². The quantitative estimate of drug-likeness (QED) is 0.118. The first-order chi connectivity index (χ1) is 25.5. The van der Waals surface area contributed by atoms with Crippen LogP contribution in [-0.4, -0.2) is 9.55 Å². The van der Waals surface area contributed by atoms with Crippen LogP contribution in [0.3, 0.4) is 0 Å². The molecule has 0 saturated heterocycles. The molecule has 0 saturated carbocycles. The van der Waals surface area contributed by atoms with E-state index in [4.69, 9.17) is 4.74 Å². The molecule has 0 N–H and O–H groups in total. The second-order valence-corrected chi connectivity index (χ2v) is 14.1. The molecule has 0 aliphatic heterocycles. The summed E-state index contributed by atoms with van der Waals surface area (Å²) in [5, 5.41) is 2.30. The van der Waals surface area contributed by atoms with Crippen LogP contribution in [0.4, 0.5) is 0 Å². The molecule has 6 aromatic carbocycles. The van der Waals surface area contributed by atoms with Crippen molar-refractivity contribution < 1.29 is 30.4 Å². The van der Waals surface area contributed by atoms with Crippen molar-refractivity contribution in [1.82, 2.24) is 9.55 Å². The zero-order chi connectivity index (χ0) is 35.2. The Morgan fingerprint density at radius 3 is 2.11 bits per heavy atom. The zero-order valence-electron chi connectivity index (χ0n) is 29.3. The van der Waals surface area contributed by atoms with Crippen molar-refractivity contribution in [2.24, 2.45) is 0 Å². The first-order valence-corrected chi connectivity index (χ1v) is 18.1. The number of aryl methyl sites for hydroxylation is 3. The number of nitrogens with zero attached hydrogens (tertiary/aromatic N) is 3. The van der Waals surface area contributed by atoms with Gasteiger partial charge in [-0.25, -0.2) is 0 Å². The summed E-state index contributed by atoms with van der Waals surface area (Å²) in [7, 11) is 0. The largest absolute Gasteiger partial charge is 0.502 e. The average molecular weight is 883 g/mol. The maximum absolute atomic E-state index is 6.79. The van der Waals surface area contributed by atoms with Crippen molar-refractivity contribution >= 4 is 31.5 Å². The van der Waals surface area contributed by atoms with Gasteiger partial charge in [0.2, 0.25) is 0 Å². The molecule has 0 amide bonds. The molecule has 0 fully saturated rings. The van der Waals surface area contributed by atoms with Gasteiger partial charge in [0.05, 0.1) is 22.8 Å². The summed E-state index contributed by atoms with van der Waals surface area (Å²) >= 11 is 1.71. The second-order valence-electron chi connectivity index (χ2n) is 13.0. The van der Waals surface area contributed by atoms with E-state index in [-0.39, 0.29) is 21.1 Å². The summed E-state index contributed by atoms with van der Waals surface area (Å²) in [6.07, 6.45) is 5.59. The number of thiophene rings is 1. The van der Waals surface area contributed by atoms with Gasteiger partial charge in [-0.2, -0.15) is 23.5 Å². The number of imidazole rings is 1. The molecule has 4 nitrogen and oxygen atoms in total. The van der Waals surface area contributed by atoms with Crippen molar-refractivity contribution in [3.8, 4) is 56.6 Å². The fourth-order valence-electron chi connectivity index (χ4n) is 7.20. The van der Waals surface area contributed by atoms with E-state index in [2.05, 4.69) is 163 Å². The minimum Gasteiger partial charge on any atom is -0.502 e. The summed E-state index contributed by atoms with van der Waals surface area (Å²) < 4.78 is 13.3. The van der Waals surface area contributed by atoms with Gasteiger partial charge in [0.25, 0.3) is 6.33 Å². The maximum atomic E-state index is 6.79. The van der Waals surface area contributed by atoms with Crippen molar-refractivity contribution in [3.63, 3.8) is 0 Å². The van der Waals surface area contributed by atoms with E-state index in [1.165, 1.54) is 26.8 Å². The predicted octanol–water partition coefficient (Wildman–Crippen LogP) is 11.6. The molecule has 0 bridgehead atoms. The monoisotopic (exact) mass is 882 g/mol. The van der Waals surface area contributed by atoms with Crippen LogP contribution < -0.4 is 9.30 Å². The molecule has 0 aliphatic carbocycles. The smallest absolute Gasteiger partial charge is 0.268 e. The van der Waals surface area contributed by atoms with Gasteiger partial charge in [-0.05, 0) is 76.6 Å². The van der Waals surface area contributed by atoms with E-state index >= 15 is 0 Å². The third-order valence-corrected chi connectivity index (χ3v) is 10.5. The normalized spacial score (nSPS) is 11.2. The second kappa shape index (κ2) is 14.4. The molecule has 0 atom stereocenters. The predicted molar refractivity (Wildman–Crippen MR) is 212 cm³/mol. The molecule has 0 unspecified atom stereocenters. The fraction of sp³-hybridized carbons (Fsp3) is 0.0638. The molecule has 3 aromatic heterocycles. The van der Waals surface area contributed by atoms with Crippen LogP contribution in [0, 0.1) is 39.2 Å². The van der Waals surface area contributed by atoms with Gasteiger partial charge < -0.3 is 14.3 Å². The average Bonchev–Trinajstić information content (AvgIpc) is 3.75. The van der Waals surface area contributed by atoms with Crippen LogP contribution in [0.15, 0.2) is 146 Å². The molecule has 6 heteroatoms. The van der Waals surface area contributed by atoms with Crippen LogP contribution in [0.25, 0.3) is 65.3 Å². The summed E-state index contributed by atoms with van der Waals surface area (Å²) in [4.78, 5) is 4.64. The van der Waals surface area contributed by atoms with E-state index in [0.29, 0.717) is 11.5 Å². The van der Waals surface area contributed by atoms with E-state index in [1.807, 2.05) is 36.5 Å². The first kappa shape index (κ1) is 34.5. The van der Waals surface area contributed by atoms with Crippen molar-refractivity contribution in [2.75, 3.05) is 0 Å². The maximum Gasteiger partial charge on any atom is 0.268 e.